The first kappa shape index (κ1) is 56.4. The molecule has 3 aromatic rings. The van der Waals surface area contributed by atoms with Crippen molar-refractivity contribution in [3.05, 3.63) is 106 Å². The van der Waals surface area contributed by atoms with E-state index in [1.54, 1.807) is 0 Å². The first-order chi connectivity index (χ1) is 34.6. The number of carboxylic acid groups (broad SMARTS) is 2. The fourth-order valence-corrected chi connectivity index (χ4v) is 9.94. The number of amides is 5. The number of nitrogens with two attached hydrogens (primary N) is 1. The first-order valence-electron chi connectivity index (χ1n) is 25.6. The minimum absolute atomic E-state index is 0. The molecule has 9 atom stereocenters. The van der Waals surface area contributed by atoms with Gasteiger partial charge in [0.15, 0.2) is 6.10 Å². The van der Waals surface area contributed by atoms with Crippen LogP contribution in [-0.4, -0.2) is 117 Å². The van der Waals surface area contributed by atoms with Crippen LogP contribution in [0.4, 0.5) is 0 Å². The lowest BCUT2D eigenvalue weighted by molar-refractivity contribution is -0.142. The summed E-state index contributed by atoms with van der Waals surface area (Å²) in [6.07, 6.45) is 8.42. The molecule has 73 heavy (non-hydrogen) atoms. The van der Waals surface area contributed by atoms with Gasteiger partial charge in [-0.3, -0.25) is 33.6 Å². The van der Waals surface area contributed by atoms with Gasteiger partial charge in [-0.25, -0.2) is 0 Å². The molecule has 19 heteroatoms. The van der Waals surface area contributed by atoms with Gasteiger partial charge in [0.25, 0.3) is 11.8 Å². The number of carboxylic acids is 2. The summed E-state index contributed by atoms with van der Waals surface area (Å²) in [5.41, 5.74) is 13.1. The summed E-state index contributed by atoms with van der Waals surface area (Å²) in [5, 5.41) is 54.9. The van der Waals surface area contributed by atoms with Gasteiger partial charge >= 0.3 is 11.9 Å². The van der Waals surface area contributed by atoms with E-state index in [9.17, 15) is 43.8 Å². The molecule has 396 valence electrons. The predicted octanol–water partition coefficient (Wildman–Crippen LogP) is 2.00. The Bertz CT molecular complexity index is 2350. The number of halogens is 1. The Labute approximate surface area is 432 Å². The molecule has 10 rings (SSSR count). The zero-order valence-electron chi connectivity index (χ0n) is 41.1. The summed E-state index contributed by atoms with van der Waals surface area (Å²) in [4.78, 5) is 81.7. The minimum Gasteiger partial charge on any atom is -0.481 e. The lowest BCUT2D eigenvalue weighted by Crippen LogP contribution is -2.53. The van der Waals surface area contributed by atoms with Crippen LogP contribution in [0.1, 0.15) is 97.6 Å². The van der Waals surface area contributed by atoms with E-state index in [1.165, 1.54) is 27.8 Å². The quantitative estimate of drug-likeness (QED) is 0.110. The third-order valence-electron chi connectivity index (χ3n) is 14.7. The van der Waals surface area contributed by atoms with Crippen LogP contribution in [0.3, 0.4) is 0 Å². The Morgan fingerprint density at radius 2 is 1.03 bits per heavy atom. The number of benzene rings is 3. The number of fused-ring (bicyclic) bond motifs is 3. The van der Waals surface area contributed by atoms with Gasteiger partial charge in [0, 0.05) is 55.5 Å². The van der Waals surface area contributed by atoms with Crippen molar-refractivity contribution in [2.45, 2.75) is 145 Å². The van der Waals surface area contributed by atoms with Gasteiger partial charge in [-0.1, -0.05) is 72.8 Å². The maximum absolute atomic E-state index is 13.0. The van der Waals surface area contributed by atoms with Crippen LogP contribution in [0.5, 0.6) is 0 Å². The van der Waals surface area contributed by atoms with E-state index in [0.717, 1.165) is 63.4 Å². The fourth-order valence-electron chi connectivity index (χ4n) is 9.94. The Kier molecular flexibility index (Phi) is 20.7. The average molecular weight is 1030 g/mol. The monoisotopic (exact) mass is 1030 g/mol. The first-order valence-corrected chi connectivity index (χ1v) is 25.6. The molecule has 0 aromatic heterocycles. The van der Waals surface area contributed by atoms with Crippen LogP contribution in [-0.2, 0) is 72.2 Å². The molecule has 2 saturated carbocycles. The number of aliphatic carboxylic acids is 2. The maximum atomic E-state index is 13.0. The van der Waals surface area contributed by atoms with Crippen molar-refractivity contribution >= 4 is 53.9 Å². The molecule has 18 nitrogen and oxygen atoms in total. The van der Waals surface area contributed by atoms with E-state index >= 15 is 0 Å². The summed E-state index contributed by atoms with van der Waals surface area (Å²) in [7, 11) is 0. The maximum Gasteiger partial charge on any atom is 0.321 e. The minimum atomic E-state index is -1.36. The molecule has 12 N–H and O–H groups in total. The number of aliphatic hydroxyl groups excluding tert-OH is 2. The van der Waals surface area contributed by atoms with Crippen molar-refractivity contribution < 1.29 is 54.0 Å². The van der Waals surface area contributed by atoms with Gasteiger partial charge < -0.3 is 58.1 Å². The van der Waals surface area contributed by atoms with Gasteiger partial charge in [-0.2, -0.15) is 0 Å². The van der Waals surface area contributed by atoms with E-state index in [2.05, 4.69) is 44.0 Å². The predicted molar refractivity (Wildman–Crippen MR) is 273 cm³/mol. The second-order valence-corrected chi connectivity index (χ2v) is 20.3. The molecule has 3 aromatic carbocycles. The van der Waals surface area contributed by atoms with E-state index < -0.39 is 54.1 Å². The Hall–Kier alpha value is -5.92. The standard InChI is InChI=1S/C22H29N3O4.C11H19N3O3.C11H12O2.C10H11NO2.ClH/c26-19(22(29)24-17-7-8-17)18(12-16-9-10-23-20(16)27)25-21(28)15-6-5-13-3-1-2-4-14(13)11-15;12-8(5-6-3-4-13-10(6)16)9(15)11(17)14-7-1-2-7;12-11(13)10-6-5-8-3-1-2-4-9(8)7-10;12-10(13)9-5-7-3-1-2-4-8(7)6-11-9;/h1-4,15-19,26H,5-12H2,(H,23,27)(H,24,29)(H,25,28);6-9,15H,1-5,12H2,(H,13,16)(H,14,17);1-4,10H,5-7H2,(H,12,13);1-4,9,11H,5-6H2,(H,12,13);1H/t15-,16-,18-,19?;6-,8-,9?;10-;9-;/m0000./s1. The molecule has 0 radical (unpaired) electrons. The Balaban J connectivity index is 0.000000169. The number of carbonyl (C=O) groups is 7. The third-order valence-corrected chi connectivity index (χ3v) is 14.7. The van der Waals surface area contributed by atoms with E-state index in [0.29, 0.717) is 51.7 Å². The van der Waals surface area contributed by atoms with Gasteiger partial charge in [0.1, 0.15) is 12.1 Å². The van der Waals surface area contributed by atoms with Crippen molar-refractivity contribution in [2.75, 3.05) is 13.1 Å². The number of aryl methyl sites for hydroxylation is 2. The smallest absolute Gasteiger partial charge is 0.321 e. The number of hydrogen-bond acceptors (Lipinski definition) is 11. The molecule has 5 amide bonds. The van der Waals surface area contributed by atoms with Crippen molar-refractivity contribution in [3.8, 4) is 0 Å². The van der Waals surface area contributed by atoms with E-state index in [-0.39, 0.29) is 72.3 Å². The van der Waals surface area contributed by atoms with Crippen molar-refractivity contribution in [1.82, 2.24) is 31.9 Å². The molecule has 7 aliphatic rings. The second-order valence-electron chi connectivity index (χ2n) is 20.3. The average Bonchev–Trinajstić information content (AvgIpc) is 4.32. The molecule has 4 aliphatic carbocycles. The Morgan fingerprint density at radius 1 is 0.575 bits per heavy atom. The molecule has 0 spiro atoms. The van der Waals surface area contributed by atoms with Crippen molar-refractivity contribution in [2.24, 2.45) is 29.4 Å². The number of hydrogen-bond donors (Lipinski definition) is 11. The van der Waals surface area contributed by atoms with Crippen LogP contribution in [0.25, 0.3) is 0 Å². The van der Waals surface area contributed by atoms with Gasteiger partial charge in [0.2, 0.25) is 17.7 Å². The van der Waals surface area contributed by atoms with Crippen LogP contribution >= 0.6 is 12.4 Å². The molecule has 3 aliphatic heterocycles. The summed E-state index contributed by atoms with van der Waals surface area (Å²) in [5.74, 6) is -3.41. The van der Waals surface area contributed by atoms with Crippen LogP contribution < -0.4 is 37.6 Å². The zero-order valence-corrected chi connectivity index (χ0v) is 42.0. The molecular weight excluding hydrogens is 958 g/mol. The van der Waals surface area contributed by atoms with Crippen LogP contribution in [0, 0.1) is 23.7 Å². The molecule has 2 saturated heterocycles. The van der Waals surface area contributed by atoms with Gasteiger partial charge in [0.05, 0.1) is 12.0 Å². The van der Waals surface area contributed by atoms with E-state index in [1.807, 2.05) is 60.7 Å². The lowest BCUT2D eigenvalue weighted by atomic mass is 9.83. The number of carbonyl (C=O) groups excluding carboxylic acids is 5. The third kappa shape index (κ3) is 16.5. The highest BCUT2D eigenvalue weighted by Gasteiger charge is 2.38. The van der Waals surface area contributed by atoms with Crippen molar-refractivity contribution in [3.63, 3.8) is 0 Å². The van der Waals surface area contributed by atoms with E-state index in [4.69, 9.17) is 15.9 Å². The topological polar surface area (TPSA) is 299 Å². The number of nitrogens with one attached hydrogen (secondary N) is 6. The molecule has 3 heterocycles. The largest absolute Gasteiger partial charge is 0.481 e. The lowest BCUT2D eigenvalue weighted by Gasteiger charge is -2.29. The number of rotatable bonds is 14. The summed E-state index contributed by atoms with van der Waals surface area (Å²) >= 11 is 0. The highest BCUT2D eigenvalue weighted by atomic mass is 35.5. The summed E-state index contributed by atoms with van der Waals surface area (Å²) in [6.45, 7) is 1.90. The fraction of sp³-hybridized carbons (Fsp3) is 0.537. The van der Waals surface area contributed by atoms with Gasteiger partial charge in [-0.15, -0.1) is 12.4 Å². The molecule has 4 fully saturated rings. The zero-order chi connectivity index (χ0) is 51.3. The SMILES string of the molecule is Cl.N[C@@H](C[C@@H]1CCNC1=O)C(O)C(=O)NC1CC1.O=C(NC1CC1)C(O)[C@H](C[C@@H]1CCNC1=O)NC(=O)[C@H]1CCc2ccccc2C1.O=C(O)[C@@H]1Cc2ccccc2CN1.O=C(O)[C@H]1CCc2ccccc2C1. The number of aliphatic hydroxyl groups is 2. The highest BCUT2D eigenvalue weighted by molar-refractivity contribution is 5.86. The summed E-state index contributed by atoms with van der Waals surface area (Å²) < 4.78 is 0. The van der Waals surface area contributed by atoms with Crippen LogP contribution in [0.2, 0.25) is 0 Å². The van der Waals surface area contributed by atoms with Gasteiger partial charge in [-0.05, 0) is 130 Å². The Morgan fingerprint density at radius 3 is 1.51 bits per heavy atom. The normalized spacial score (nSPS) is 23.9. The molecular formula is C54H72ClN7O11. The highest BCUT2D eigenvalue weighted by Crippen LogP contribution is 2.28. The van der Waals surface area contributed by atoms with Crippen LogP contribution in [0.15, 0.2) is 72.8 Å². The van der Waals surface area contributed by atoms with Crippen molar-refractivity contribution in [1.29, 1.82) is 0 Å². The second kappa shape index (κ2) is 26.9. The molecule has 2 unspecified atom stereocenters. The molecule has 0 bridgehead atoms. The summed E-state index contributed by atoms with van der Waals surface area (Å²) in [6, 6.07) is 22.6.